The summed E-state index contributed by atoms with van der Waals surface area (Å²) in [5.41, 5.74) is 0. The normalized spacial score (nSPS) is 17.7. The molecule has 16 heavy (non-hydrogen) atoms. The Kier molecular flexibility index (Phi) is 2.59. The summed E-state index contributed by atoms with van der Waals surface area (Å²) in [6.45, 7) is 0.201. The van der Waals surface area contributed by atoms with E-state index in [4.69, 9.17) is 4.42 Å². The molecule has 0 bridgehead atoms. The molecule has 7 nitrogen and oxygen atoms in total. The largest absolute Gasteiger partial charge is 0.449 e. The minimum Gasteiger partial charge on any atom is -0.449 e. The fourth-order valence-electron chi connectivity index (χ4n) is 1.24. The van der Waals surface area contributed by atoms with E-state index in [0.29, 0.717) is 5.88 Å². The first-order valence-corrected chi connectivity index (χ1v) is 4.59. The van der Waals surface area contributed by atoms with Crippen molar-refractivity contribution in [3.63, 3.8) is 0 Å². The minimum absolute atomic E-state index is 0.188. The molecule has 1 aromatic heterocycles. The third-order valence-electron chi connectivity index (χ3n) is 1.95. The zero-order valence-corrected chi connectivity index (χ0v) is 8.56. The van der Waals surface area contributed by atoms with Crippen molar-refractivity contribution in [1.82, 2.24) is 10.2 Å². The van der Waals surface area contributed by atoms with Crippen LogP contribution in [-0.2, 0) is 4.79 Å². The zero-order valence-electron chi connectivity index (χ0n) is 8.56. The van der Waals surface area contributed by atoms with Crippen molar-refractivity contribution in [3.8, 4) is 0 Å². The molecule has 3 amide bonds. The Balaban J connectivity index is 2.01. The van der Waals surface area contributed by atoms with Crippen LogP contribution in [0.2, 0.25) is 0 Å². The third-order valence-corrected chi connectivity index (χ3v) is 1.95. The van der Waals surface area contributed by atoms with Crippen LogP contribution in [-0.4, -0.2) is 36.4 Å². The molecule has 0 unspecified atom stereocenters. The quantitative estimate of drug-likeness (QED) is 0.712. The lowest BCUT2D eigenvalue weighted by Gasteiger charge is -2.07. The van der Waals surface area contributed by atoms with Gasteiger partial charge < -0.3 is 9.32 Å². The molecule has 0 aliphatic carbocycles. The van der Waals surface area contributed by atoms with Crippen LogP contribution in [0, 0.1) is 0 Å². The predicted molar refractivity (Wildman–Crippen MR) is 55.9 cm³/mol. The lowest BCUT2D eigenvalue weighted by Crippen LogP contribution is -2.29. The van der Waals surface area contributed by atoms with Crippen LogP contribution in [0.1, 0.15) is 0 Å². The summed E-state index contributed by atoms with van der Waals surface area (Å²) in [4.78, 5) is 27.6. The number of nitrogens with zero attached hydrogens (tertiary/aromatic N) is 2. The molecular weight excluding hydrogens is 212 g/mol. The number of urea groups is 1. The van der Waals surface area contributed by atoms with E-state index in [1.807, 2.05) is 0 Å². The highest BCUT2D eigenvalue weighted by atomic mass is 16.3. The summed E-state index contributed by atoms with van der Waals surface area (Å²) in [6.07, 6.45) is 1.44. The fourth-order valence-corrected chi connectivity index (χ4v) is 1.24. The highest BCUT2D eigenvalue weighted by molar-refractivity contribution is 6.08. The zero-order chi connectivity index (χ0) is 11.5. The first-order valence-electron chi connectivity index (χ1n) is 4.59. The molecular formula is C9H10N4O3. The van der Waals surface area contributed by atoms with Crippen LogP contribution >= 0.6 is 0 Å². The Labute approximate surface area is 91.1 Å². The Morgan fingerprint density at radius 3 is 3.06 bits per heavy atom. The number of anilines is 1. The second-order valence-electron chi connectivity index (χ2n) is 3.25. The molecule has 1 aliphatic rings. The molecule has 0 spiro atoms. The van der Waals surface area contributed by atoms with Crippen molar-refractivity contribution in [1.29, 1.82) is 0 Å². The van der Waals surface area contributed by atoms with Gasteiger partial charge in [-0.05, 0) is 6.07 Å². The number of guanidine groups is 1. The Hall–Kier alpha value is -2.31. The van der Waals surface area contributed by atoms with Gasteiger partial charge in [0.25, 0.3) is 0 Å². The van der Waals surface area contributed by atoms with Gasteiger partial charge in [0.2, 0.25) is 17.8 Å². The van der Waals surface area contributed by atoms with E-state index in [1.54, 1.807) is 24.1 Å². The number of furan rings is 1. The number of carbonyl (C=O) groups is 2. The maximum atomic E-state index is 11.4. The first kappa shape index (κ1) is 10.2. The van der Waals surface area contributed by atoms with E-state index >= 15 is 0 Å². The number of nitrogens with one attached hydrogen (secondary N) is 2. The summed E-state index contributed by atoms with van der Waals surface area (Å²) >= 11 is 0. The van der Waals surface area contributed by atoms with Crippen molar-refractivity contribution < 1.29 is 14.0 Å². The third kappa shape index (κ3) is 2.19. The van der Waals surface area contributed by atoms with Gasteiger partial charge in [-0.1, -0.05) is 0 Å². The highest BCUT2D eigenvalue weighted by Crippen LogP contribution is 2.07. The summed E-state index contributed by atoms with van der Waals surface area (Å²) in [7, 11) is 1.66. The number of hydrogen-bond acceptors (Lipinski definition) is 3. The van der Waals surface area contributed by atoms with Gasteiger partial charge in [-0.3, -0.25) is 15.4 Å². The number of amides is 3. The number of carbonyl (C=O) groups excluding carboxylic acids is 2. The van der Waals surface area contributed by atoms with Crippen molar-refractivity contribution in [2.75, 3.05) is 18.9 Å². The molecule has 0 atom stereocenters. The maximum Gasteiger partial charge on any atom is 0.350 e. The summed E-state index contributed by atoms with van der Waals surface area (Å²) in [6, 6.07) is 2.64. The van der Waals surface area contributed by atoms with E-state index in [2.05, 4.69) is 15.6 Å². The topological polar surface area (TPSA) is 86.9 Å². The Morgan fingerprint density at radius 2 is 2.50 bits per heavy atom. The van der Waals surface area contributed by atoms with Crippen molar-refractivity contribution in [2.45, 2.75) is 0 Å². The van der Waals surface area contributed by atoms with Crippen molar-refractivity contribution in [3.05, 3.63) is 18.4 Å². The van der Waals surface area contributed by atoms with Gasteiger partial charge in [0, 0.05) is 13.1 Å². The summed E-state index contributed by atoms with van der Waals surface area (Å²) < 4.78 is 4.91. The summed E-state index contributed by atoms with van der Waals surface area (Å²) in [5, 5.41) is 4.87. The van der Waals surface area contributed by atoms with Crippen LogP contribution in [0.15, 0.2) is 27.8 Å². The number of aliphatic imine (C=N–C) groups is 1. The van der Waals surface area contributed by atoms with Gasteiger partial charge in [0.15, 0.2) is 0 Å². The van der Waals surface area contributed by atoms with Gasteiger partial charge >= 0.3 is 6.03 Å². The van der Waals surface area contributed by atoms with Crippen LogP contribution < -0.4 is 10.6 Å². The fraction of sp³-hybridized carbons (Fsp3) is 0.222. The molecule has 7 heteroatoms. The van der Waals surface area contributed by atoms with E-state index in [1.165, 1.54) is 6.26 Å². The molecule has 84 valence electrons. The average Bonchev–Trinajstić information content (AvgIpc) is 2.78. The van der Waals surface area contributed by atoms with Gasteiger partial charge in [-0.2, -0.15) is 4.99 Å². The molecule has 1 aromatic rings. The summed E-state index contributed by atoms with van der Waals surface area (Å²) in [5.74, 6) is 0.349. The lowest BCUT2D eigenvalue weighted by atomic mass is 10.6. The van der Waals surface area contributed by atoms with Gasteiger partial charge in [-0.25, -0.2) is 4.79 Å². The van der Waals surface area contributed by atoms with Crippen LogP contribution in [0.4, 0.5) is 10.7 Å². The smallest absolute Gasteiger partial charge is 0.350 e. The predicted octanol–water partition coefficient (Wildman–Crippen LogP) is 0.229. The number of likely N-dealkylation sites (N-methyl/N-ethyl adjacent to an activating group) is 1. The molecule has 0 saturated carbocycles. The van der Waals surface area contributed by atoms with E-state index in [9.17, 15) is 9.59 Å². The minimum atomic E-state index is -0.598. The standard InChI is InChI=1S/C9H10N4O3/c1-13-5-6(14)10-8(13)12-9(15)11-7-3-2-4-16-7/h2-4H,5H2,1H3,(H2,10,11,12,14,15). The molecule has 1 fully saturated rings. The molecule has 1 saturated heterocycles. The molecule has 1 aliphatic heterocycles. The molecule has 0 aromatic carbocycles. The number of hydrogen-bond donors (Lipinski definition) is 2. The molecule has 0 radical (unpaired) electrons. The van der Waals surface area contributed by atoms with Gasteiger partial charge in [0.1, 0.15) is 0 Å². The number of rotatable bonds is 1. The Bertz CT molecular complexity index is 438. The van der Waals surface area contributed by atoms with Crippen LogP contribution in [0.5, 0.6) is 0 Å². The molecule has 2 heterocycles. The lowest BCUT2D eigenvalue weighted by molar-refractivity contribution is -0.118. The second kappa shape index (κ2) is 4.05. The second-order valence-corrected chi connectivity index (χ2v) is 3.25. The van der Waals surface area contributed by atoms with Crippen LogP contribution in [0.3, 0.4) is 0 Å². The van der Waals surface area contributed by atoms with E-state index in [0.717, 1.165) is 0 Å². The van der Waals surface area contributed by atoms with E-state index < -0.39 is 6.03 Å². The maximum absolute atomic E-state index is 11.4. The SMILES string of the molecule is CN1CC(=O)NC1=NC(=O)Nc1ccco1. The average molecular weight is 222 g/mol. The van der Waals surface area contributed by atoms with Crippen LogP contribution in [0.25, 0.3) is 0 Å². The van der Waals surface area contributed by atoms with E-state index in [-0.39, 0.29) is 18.4 Å². The first-order chi connectivity index (χ1) is 7.65. The Morgan fingerprint density at radius 1 is 1.69 bits per heavy atom. The van der Waals surface area contributed by atoms with Crippen molar-refractivity contribution >= 4 is 23.8 Å². The monoisotopic (exact) mass is 222 g/mol. The molecule has 2 N–H and O–H groups in total. The molecule has 2 rings (SSSR count). The van der Waals surface area contributed by atoms with Gasteiger partial charge in [-0.15, -0.1) is 0 Å². The van der Waals surface area contributed by atoms with Gasteiger partial charge in [0.05, 0.1) is 12.8 Å². The highest BCUT2D eigenvalue weighted by Gasteiger charge is 2.22. The van der Waals surface area contributed by atoms with Crippen molar-refractivity contribution in [2.24, 2.45) is 4.99 Å².